The average Bonchev–Trinajstić information content (AvgIpc) is 2.46. The van der Waals surface area contributed by atoms with Gasteiger partial charge in [0.15, 0.2) is 0 Å². The fourth-order valence-corrected chi connectivity index (χ4v) is 2.08. The molecule has 0 unspecified atom stereocenters. The normalized spacial score (nSPS) is 11.7. The lowest BCUT2D eigenvalue weighted by atomic mass is 10.1. The summed E-state index contributed by atoms with van der Waals surface area (Å²) in [5, 5.41) is 0. The van der Waals surface area contributed by atoms with E-state index in [1.54, 1.807) is 0 Å². The number of aromatic nitrogens is 1. The molecular weight excluding hydrogens is 240 g/mol. The summed E-state index contributed by atoms with van der Waals surface area (Å²) in [5.41, 5.74) is 8.11. The Morgan fingerprint density at radius 1 is 1.32 bits per heavy atom. The summed E-state index contributed by atoms with van der Waals surface area (Å²) in [6.45, 7) is 12.5. The Balaban J connectivity index is 3.12. The first-order chi connectivity index (χ1) is 8.69. The molecule has 19 heavy (non-hydrogen) atoms. The largest absolute Gasteiger partial charge is 0.456 e. The van der Waals surface area contributed by atoms with Crippen LogP contribution < -0.4 is 5.73 Å². The van der Waals surface area contributed by atoms with Crippen molar-refractivity contribution in [2.24, 2.45) is 0 Å². The third kappa shape index (κ3) is 3.52. The molecule has 0 atom stereocenters. The summed E-state index contributed by atoms with van der Waals surface area (Å²) in [4.78, 5) is 12.2. The molecule has 2 N–H and O–H groups in total. The van der Waals surface area contributed by atoms with Crippen LogP contribution in [0.25, 0.3) is 0 Å². The second-order valence-corrected chi connectivity index (χ2v) is 5.98. The first kappa shape index (κ1) is 15.6. The van der Waals surface area contributed by atoms with Crippen molar-refractivity contribution in [1.29, 1.82) is 0 Å². The van der Waals surface area contributed by atoms with Crippen molar-refractivity contribution in [1.82, 2.24) is 4.57 Å². The molecule has 0 amide bonds. The van der Waals surface area contributed by atoms with E-state index in [1.807, 2.05) is 39.2 Å². The van der Waals surface area contributed by atoms with Gasteiger partial charge in [0.2, 0.25) is 0 Å². The van der Waals surface area contributed by atoms with Crippen LogP contribution in [-0.2, 0) is 11.3 Å². The van der Waals surface area contributed by atoms with Crippen LogP contribution in [0, 0.1) is 13.8 Å². The van der Waals surface area contributed by atoms with Gasteiger partial charge in [-0.3, -0.25) is 0 Å². The van der Waals surface area contributed by atoms with Crippen LogP contribution in [-0.4, -0.2) is 16.1 Å². The number of rotatable bonds is 4. The van der Waals surface area contributed by atoms with Crippen molar-refractivity contribution >= 4 is 11.8 Å². The number of nitrogens with zero attached hydrogens (tertiary/aromatic N) is 1. The van der Waals surface area contributed by atoms with E-state index in [0.717, 1.165) is 30.6 Å². The first-order valence-corrected chi connectivity index (χ1v) is 6.87. The lowest BCUT2D eigenvalue weighted by Crippen LogP contribution is -2.24. The van der Waals surface area contributed by atoms with Crippen LogP contribution in [0.2, 0.25) is 0 Å². The van der Waals surface area contributed by atoms with Gasteiger partial charge in [0.05, 0.1) is 0 Å². The monoisotopic (exact) mass is 266 g/mol. The van der Waals surface area contributed by atoms with E-state index in [2.05, 4.69) is 6.92 Å². The number of hydrogen-bond acceptors (Lipinski definition) is 3. The minimum absolute atomic E-state index is 0.333. The molecule has 0 aliphatic rings. The zero-order valence-corrected chi connectivity index (χ0v) is 13.0. The van der Waals surface area contributed by atoms with E-state index in [4.69, 9.17) is 10.5 Å². The first-order valence-electron chi connectivity index (χ1n) is 6.87. The van der Waals surface area contributed by atoms with E-state index in [-0.39, 0.29) is 5.97 Å². The maximum absolute atomic E-state index is 12.2. The van der Waals surface area contributed by atoms with Gasteiger partial charge in [-0.05, 0) is 46.6 Å². The van der Waals surface area contributed by atoms with Crippen LogP contribution in [0.1, 0.15) is 62.2 Å². The summed E-state index contributed by atoms with van der Waals surface area (Å²) in [6.07, 6.45) is 2.14. The second-order valence-electron chi connectivity index (χ2n) is 5.98. The van der Waals surface area contributed by atoms with E-state index in [1.165, 1.54) is 0 Å². The van der Waals surface area contributed by atoms with E-state index >= 15 is 0 Å². The Kier molecular flexibility index (Phi) is 4.66. The Hall–Kier alpha value is -1.45. The molecule has 0 bridgehead atoms. The van der Waals surface area contributed by atoms with Crippen LogP contribution in [0.5, 0.6) is 0 Å². The van der Waals surface area contributed by atoms with Crippen molar-refractivity contribution in [2.75, 3.05) is 5.73 Å². The zero-order valence-electron chi connectivity index (χ0n) is 13.0. The Morgan fingerprint density at radius 2 is 1.89 bits per heavy atom. The van der Waals surface area contributed by atoms with Crippen molar-refractivity contribution in [3.8, 4) is 0 Å². The molecule has 4 nitrogen and oxygen atoms in total. The van der Waals surface area contributed by atoms with Gasteiger partial charge in [-0.15, -0.1) is 0 Å². The number of ether oxygens (including phenoxy) is 1. The topological polar surface area (TPSA) is 57.2 Å². The van der Waals surface area contributed by atoms with E-state index < -0.39 is 5.60 Å². The number of unbranched alkanes of at least 4 members (excludes halogenated alkanes) is 1. The highest BCUT2D eigenvalue weighted by Crippen LogP contribution is 2.27. The summed E-state index contributed by atoms with van der Waals surface area (Å²) < 4.78 is 7.44. The zero-order chi connectivity index (χ0) is 14.8. The third-order valence-electron chi connectivity index (χ3n) is 3.21. The lowest BCUT2D eigenvalue weighted by Gasteiger charge is -2.19. The molecule has 108 valence electrons. The molecule has 0 radical (unpaired) electrons. The van der Waals surface area contributed by atoms with Crippen LogP contribution in [0.4, 0.5) is 5.82 Å². The number of hydrogen-bond donors (Lipinski definition) is 1. The molecule has 4 heteroatoms. The van der Waals surface area contributed by atoms with Crippen LogP contribution in [0.3, 0.4) is 0 Å². The second kappa shape index (κ2) is 5.68. The third-order valence-corrected chi connectivity index (χ3v) is 3.21. The number of nitrogens with two attached hydrogens (primary N) is 1. The highest BCUT2D eigenvalue weighted by atomic mass is 16.6. The molecule has 0 aliphatic carbocycles. The van der Waals surface area contributed by atoms with Gasteiger partial charge in [0.25, 0.3) is 0 Å². The quantitative estimate of drug-likeness (QED) is 0.849. The number of carbonyl (C=O) groups excluding carboxylic acids is 1. The fourth-order valence-electron chi connectivity index (χ4n) is 2.08. The summed E-state index contributed by atoms with van der Waals surface area (Å²) in [6, 6.07) is 0. The van der Waals surface area contributed by atoms with Crippen molar-refractivity contribution in [2.45, 2.75) is 66.5 Å². The van der Waals surface area contributed by atoms with Crippen LogP contribution in [0.15, 0.2) is 0 Å². The minimum Gasteiger partial charge on any atom is -0.456 e. The number of carbonyl (C=O) groups is 1. The summed E-state index contributed by atoms with van der Waals surface area (Å²) in [7, 11) is 0. The van der Waals surface area contributed by atoms with Gasteiger partial charge >= 0.3 is 5.97 Å². The Labute approximate surface area is 115 Å². The van der Waals surface area contributed by atoms with Gasteiger partial charge in [0, 0.05) is 12.2 Å². The summed E-state index contributed by atoms with van der Waals surface area (Å²) >= 11 is 0. The van der Waals surface area contributed by atoms with Crippen molar-refractivity contribution in [3.63, 3.8) is 0 Å². The highest BCUT2D eigenvalue weighted by molar-refractivity contribution is 5.97. The molecule has 0 aromatic carbocycles. The molecule has 1 heterocycles. The average molecular weight is 266 g/mol. The molecule has 1 aromatic rings. The van der Waals surface area contributed by atoms with E-state index in [9.17, 15) is 4.79 Å². The predicted molar refractivity (Wildman–Crippen MR) is 78.4 cm³/mol. The van der Waals surface area contributed by atoms with Gasteiger partial charge in [0.1, 0.15) is 17.0 Å². The Morgan fingerprint density at radius 3 is 2.37 bits per heavy atom. The van der Waals surface area contributed by atoms with E-state index in [0.29, 0.717) is 11.4 Å². The molecule has 0 spiro atoms. The lowest BCUT2D eigenvalue weighted by molar-refractivity contribution is 0.00701. The van der Waals surface area contributed by atoms with Gasteiger partial charge in [-0.1, -0.05) is 13.3 Å². The molecule has 1 rings (SSSR count). The maximum atomic E-state index is 12.2. The standard InChI is InChI=1S/C15H26N2O2/c1-7-8-9-17-11(3)10(2)12(13(17)16)14(18)19-15(4,5)6/h7-9,16H2,1-6H3. The molecular formula is C15H26N2O2. The molecule has 0 saturated heterocycles. The summed E-state index contributed by atoms with van der Waals surface area (Å²) in [5.74, 6) is 0.193. The van der Waals surface area contributed by atoms with Gasteiger partial charge in [-0.2, -0.15) is 0 Å². The SMILES string of the molecule is CCCCn1c(C)c(C)c(C(=O)OC(C)(C)C)c1N. The van der Waals surface area contributed by atoms with Crippen molar-refractivity contribution in [3.05, 3.63) is 16.8 Å². The molecule has 1 aromatic heterocycles. The molecule has 0 fully saturated rings. The smallest absolute Gasteiger partial charge is 0.342 e. The maximum Gasteiger partial charge on any atom is 0.342 e. The molecule has 0 saturated carbocycles. The minimum atomic E-state index is -0.505. The van der Waals surface area contributed by atoms with Crippen molar-refractivity contribution < 1.29 is 9.53 Å². The number of esters is 1. The fraction of sp³-hybridized carbons (Fsp3) is 0.667. The predicted octanol–water partition coefficient (Wildman–Crippen LogP) is 3.44. The molecule has 0 aliphatic heterocycles. The van der Waals surface area contributed by atoms with Crippen LogP contribution >= 0.6 is 0 Å². The highest BCUT2D eigenvalue weighted by Gasteiger charge is 2.25. The number of anilines is 1. The number of nitrogen functional groups attached to an aromatic ring is 1. The van der Waals surface area contributed by atoms with Gasteiger partial charge < -0.3 is 15.0 Å². The van der Waals surface area contributed by atoms with Gasteiger partial charge in [-0.25, -0.2) is 4.79 Å². The Bertz CT molecular complexity index is 467.